The molecule has 4 rings (SSSR count). The van der Waals surface area contributed by atoms with Gasteiger partial charge in [-0.05, 0) is 25.7 Å². The van der Waals surface area contributed by atoms with Gasteiger partial charge < -0.3 is 14.2 Å². The Morgan fingerprint density at radius 3 is 2.83 bits per heavy atom. The highest BCUT2D eigenvalue weighted by Crippen LogP contribution is 2.40. The number of morpholine rings is 1. The number of rotatable bonds is 2. The zero-order valence-electron chi connectivity index (χ0n) is 10.6. The van der Waals surface area contributed by atoms with Crippen molar-refractivity contribution >= 4 is 6.01 Å². The van der Waals surface area contributed by atoms with Gasteiger partial charge in [-0.25, -0.2) is 0 Å². The first-order valence-electron chi connectivity index (χ1n) is 7.07. The van der Waals surface area contributed by atoms with Gasteiger partial charge in [0.15, 0.2) is 5.82 Å². The predicted molar refractivity (Wildman–Crippen MR) is 65.6 cm³/mol. The first-order chi connectivity index (χ1) is 8.85. The van der Waals surface area contributed by atoms with Crippen LogP contribution in [0.5, 0.6) is 0 Å². The minimum Gasteiger partial charge on any atom is -0.371 e. The third-order valence-corrected chi connectivity index (χ3v) is 4.41. The van der Waals surface area contributed by atoms with E-state index in [1.807, 2.05) is 0 Å². The fourth-order valence-electron chi connectivity index (χ4n) is 3.19. The van der Waals surface area contributed by atoms with Gasteiger partial charge in [-0.2, -0.15) is 4.98 Å². The molecule has 18 heavy (non-hydrogen) atoms. The normalized spacial score (nSPS) is 27.0. The Morgan fingerprint density at radius 2 is 2.06 bits per heavy atom. The van der Waals surface area contributed by atoms with Crippen LogP contribution in [0.25, 0.3) is 0 Å². The van der Waals surface area contributed by atoms with Gasteiger partial charge >= 0.3 is 6.01 Å². The maximum absolute atomic E-state index is 6.01. The molecule has 0 atom stereocenters. The van der Waals surface area contributed by atoms with Gasteiger partial charge in [0.1, 0.15) is 0 Å². The van der Waals surface area contributed by atoms with Crippen LogP contribution in [-0.4, -0.2) is 35.4 Å². The van der Waals surface area contributed by atoms with Gasteiger partial charge in [-0.3, -0.25) is 0 Å². The van der Waals surface area contributed by atoms with Crippen LogP contribution >= 0.6 is 0 Å². The van der Waals surface area contributed by atoms with Gasteiger partial charge in [-0.15, -0.1) is 0 Å². The van der Waals surface area contributed by atoms with Crippen LogP contribution in [0.3, 0.4) is 0 Å². The molecule has 3 aliphatic rings. The SMILES string of the molecule is C1CCC2(C1)CN(c1nc(C3CC3)no1)CCO2. The highest BCUT2D eigenvalue weighted by atomic mass is 16.5. The molecule has 0 unspecified atom stereocenters. The molecule has 2 heterocycles. The molecule has 0 aromatic carbocycles. The van der Waals surface area contributed by atoms with E-state index in [0.29, 0.717) is 11.9 Å². The van der Waals surface area contributed by atoms with E-state index < -0.39 is 0 Å². The number of nitrogens with zero attached hydrogens (tertiary/aromatic N) is 3. The molecule has 3 fully saturated rings. The maximum atomic E-state index is 6.01. The lowest BCUT2D eigenvalue weighted by Crippen LogP contribution is -2.50. The monoisotopic (exact) mass is 249 g/mol. The molecular weight excluding hydrogens is 230 g/mol. The lowest BCUT2D eigenvalue weighted by molar-refractivity contribution is -0.0515. The summed E-state index contributed by atoms with van der Waals surface area (Å²) in [6.45, 7) is 2.56. The molecule has 0 radical (unpaired) electrons. The smallest absolute Gasteiger partial charge is 0.324 e. The molecule has 1 saturated heterocycles. The molecule has 5 heteroatoms. The van der Waals surface area contributed by atoms with Crippen LogP contribution in [0.2, 0.25) is 0 Å². The number of hydrogen-bond donors (Lipinski definition) is 0. The van der Waals surface area contributed by atoms with Gasteiger partial charge in [0.2, 0.25) is 0 Å². The second kappa shape index (κ2) is 3.95. The molecule has 2 aliphatic carbocycles. The highest BCUT2D eigenvalue weighted by molar-refractivity contribution is 5.28. The predicted octanol–water partition coefficient (Wildman–Crippen LogP) is 2.10. The van der Waals surface area contributed by atoms with Crippen molar-refractivity contribution in [3.63, 3.8) is 0 Å². The van der Waals surface area contributed by atoms with Crippen LogP contribution in [-0.2, 0) is 4.74 Å². The summed E-state index contributed by atoms with van der Waals surface area (Å²) in [6.07, 6.45) is 7.34. The number of aromatic nitrogens is 2. The Labute approximate surface area is 106 Å². The van der Waals surface area contributed by atoms with E-state index in [2.05, 4.69) is 15.0 Å². The van der Waals surface area contributed by atoms with Crippen molar-refractivity contribution in [3.05, 3.63) is 5.82 Å². The van der Waals surface area contributed by atoms with E-state index in [0.717, 1.165) is 25.5 Å². The lowest BCUT2D eigenvalue weighted by atomic mass is 10.00. The highest BCUT2D eigenvalue weighted by Gasteiger charge is 2.41. The molecule has 1 aromatic rings. The largest absolute Gasteiger partial charge is 0.371 e. The fourth-order valence-corrected chi connectivity index (χ4v) is 3.19. The average molecular weight is 249 g/mol. The summed E-state index contributed by atoms with van der Waals surface area (Å²) in [5.41, 5.74) is 0.0620. The Kier molecular flexibility index (Phi) is 2.37. The summed E-state index contributed by atoms with van der Waals surface area (Å²) < 4.78 is 11.4. The quantitative estimate of drug-likeness (QED) is 0.803. The minimum atomic E-state index is 0.0620. The Morgan fingerprint density at radius 1 is 1.22 bits per heavy atom. The summed E-state index contributed by atoms with van der Waals surface area (Å²) in [7, 11) is 0. The van der Waals surface area contributed by atoms with Gasteiger partial charge in [0.05, 0.1) is 18.8 Å². The Bertz CT molecular complexity index is 435. The molecule has 1 aliphatic heterocycles. The summed E-state index contributed by atoms with van der Waals surface area (Å²) in [6, 6.07) is 0.700. The summed E-state index contributed by atoms with van der Waals surface area (Å²) in [4.78, 5) is 6.76. The molecule has 0 bridgehead atoms. The van der Waals surface area contributed by atoms with Crippen molar-refractivity contribution in [1.82, 2.24) is 10.1 Å². The van der Waals surface area contributed by atoms with Crippen LogP contribution in [0.4, 0.5) is 6.01 Å². The second-order valence-corrected chi connectivity index (χ2v) is 5.87. The van der Waals surface area contributed by atoms with Crippen LogP contribution in [0.15, 0.2) is 4.52 Å². The van der Waals surface area contributed by atoms with Crippen LogP contribution < -0.4 is 4.90 Å². The number of anilines is 1. The molecular formula is C13H19N3O2. The van der Waals surface area contributed by atoms with E-state index in [1.54, 1.807) is 0 Å². The number of hydrogen-bond acceptors (Lipinski definition) is 5. The summed E-state index contributed by atoms with van der Waals surface area (Å²) >= 11 is 0. The van der Waals surface area contributed by atoms with E-state index in [9.17, 15) is 0 Å². The van der Waals surface area contributed by atoms with Crippen molar-refractivity contribution in [2.75, 3.05) is 24.6 Å². The fraction of sp³-hybridized carbons (Fsp3) is 0.846. The molecule has 0 N–H and O–H groups in total. The molecule has 98 valence electrons. The van der Waals surface area contributed by atoms with Crippen molar-refractivity contribution < 1.29 is 9.26 Å². The van der Waals surface area contributed by atoms with E-state index in [1.165, 1.54) is 38.5 Å². The van der Waals surface area contributed by atoms with Crippen molar-refractivity contribution in [3.8, 4) is 0 Å². The van der Waals surface area contributed by atoms with E-state index >= 15 is 0 Å². The average Bonchev–Trinajstić information content (AvgIpc) is 2.96. The van der Waals surface area contributed by atoms with E-state index in [-0.39, 0.29) is 5.60 Å². The van der Waals surface area contributed by atoms with Crippen molar-refractivity contribution in [2.45, 2.75) is 50.0 Å². The third-order valence-electron chi connectivity index (χ3n) is 4.41. The molecule has 2 saturated carbocycles. The molecule has 0 amide bonds. The minimum absolute atomic E-state index is 0.0620. The molecule has 1 aromatic heterocycles. The van der Waals surface area contributed by atoms with Crippen molar-refractivity contribution in [1.29, 1.82) is 0 Å². The second-order valence-electron chi connectivity index (χ2n) is 5.87. The van der Waals surface area contributed by atoms with Gasteiger partial charge in [0, 0.05) is 12.5 Å². The van der Waals surface area contributed by atoms with E-state index in [4.69, 9.17) is 9.26 Å². The number of ether oxygens (including phenoxy) is 1. The zero-order valence-corrected chi connectivity index (χ0v) is 10.6. The molecule has 1 spiro atoms. The van der Waals surface area contributed by atoms with Gasteiger partial charge in [-0.1, -0.05) is 18.0 Å². The van der Waals surface area contributed by atoms with Crippen LogP contribution in [0.1, 0.15) is 50.3 Å². The summed E-state index contributed by atoms with van der Waals surface area (Å²) in [5, 5.41) is 4.10. The van der Waals surface area contributed by atoms with Crippen LogP contribution in [0, 0.1) is 0 Å². The molecule has 5 nitrogen and oxygen atoms in total. The van der Waals surface area contributed by atoms with Gasteiger partial charge in [0.25, 0.3) is 0 Å². The van der Waals surface area contributed by atoms with Crippen molar-refractivity contribution in [2.24, 2.45) is 0 Å². The topological polar surface area (TPSA) is 51.4 Å². The first kappa shape index (κ1) is 10.8. The first-order valence-corrected chi connectivity index (χ1v) is 7.07. The standard InChI is InChI=1S/C13H19N3O2/c1-2-6-13(5-1)9-16(7-8-17-13)12-14-11(15-18-12)10-3-4-10/h10H,1-9H2. The summed E-state index contributed by atoms with van der Waals surface area (Å²) in [5.74, 6) is 1.46. The third kappa shape index (κ3) is 1.81. The Hall–Kier alpha value is -1.10. The maximum Gasteiger partial charge on any atom is 0.324 e. The lowest BCUT2D eigenvalue weighted by Gasteiger charge is -2.39. The Balaban J connectivity index is 1.52. The zero-order chi connectivity index (χ0) is 12.0.